The molecule has 6 heteroatoms. The van der Waals surface area contributed by atoms with Crippen molar-refractivity contribution < 1.29 is 9.59 Å². The van der Waals surface area contributed by atoms with E-state index >= 15 is 0 Å². The Bertz CT molecular complexity index is 709. The summed E-state index contributed by atoms with van der Waals surface area (Å²) in [5, 5.41) is 6.37. The summed E-state index contributed by atoms with van der Waals surface area (Å²) in [7, 11) is 0. The van der Waals surface area contributed by atoms with Gasteiger partial charge in [0.05, 0.1) is 10.2 Å². The van der Waals surface area contributed by atoms with Gasteiger partial charge in [-0.15, -0.1) is 0 Å². The van der Waals surface area contributed by atoms with E-state index in [2.05, 4.69) is 35.5 Å². The van der Waals surface area contributed by atoms with Crippen molar-refractivity contribution in [2.75, 3.05) is 11.9 Å². The number of nitrogens with zero attached hydrogens (tertiary/aromatic N) is 1. The molecule has 0 saturated carbocycles. The maximum absolute atomic E-state index is 11.9. The van der Waals surface area contributed by atoms with E-state index < -0.39 is 0 Å². The molecule has 1 aromatic carbocycles. The van der Waals surface area contributed by atoms with Crippen molar-refractivity contribution in [3.63, 3.8) is 0 Å². The number of fused-ring (bicyclic) bond motifs is 1. The van der Waals surface area contributed by atoms with Crippen LogP contribution in [0.1, 0.15) is 45.6 Å². The van der Waals surface area contributed by atoms with E-state index in [-0.39, 0.29) is 11.8 Å². The molecule has 0 fully saturated rings. The van der Waals surface area contributed by atoms with Crippen LogP contribution in [0.3, 0.4) is 0 Å². The van der Waals surface area contributed by atoms with Gasteiger partial charge in [0.25, 0.3) is 0 Å². The topological polar surface area (TPSA) is 71.1 Å². The van der Waals surface area contributed by atoms with Crippen molar-refractivity contribution in [1.82, 2.24) is 10.3 Å². The fourth-order valence-electron chi connectivity index (χ4n) is 2.23. The van der Waals surface area contributed by atoms with Crippen LogP contribution >= 0.6 is 11.3 Å². The number of amides is 2. The van der Waals surface area contributed by atoms with Crippen molar-refractivity contribution in [3.8, 4) is 0 Å². The van der Waals surface area contributed by atoms with Crippen LogP contribution in [-0.2, 0) is 16.0 Å². The molecule has 24 heavy (non-hydrogen) atoms. The van der Waals surface area contributed by atoms with E-state index in [1.165, 1.54) is 11.3 Å². The third-order valence-corrected chi connectivity index (χ3v) is 4.64. The molecule has 2 aromatic rings. The molecule has 0 atom stereocenters. The van der Waals surface area contributed by atoms with Gasteiger partial charge in [-0.3, -0.25) is 9.59 Å². The second kappa shape index (κ2) is 8.78. The van der Waals surface area contributed by atoms with Crippen molar-refractivity contribution >= 4 is 38.5 Å². The van der Waals surface area contributed by atoms with E-state index in [1.54, 1.807) is 0 Å². The summed E-state index contributed by atoms with van der Waals surface area (Å²) in [6.45, 7) is 6.85. The zero-order chi connectivity index (χ0) is 17.5. The lowest BCUT2D eigenvalue weighted by Crippen LogP contribution is -2.25. The van der Waals surface area contributed by atoms with Crippen LogP contribution in [0.2, 0.25) is 0 Å². The number of anilines is 1. The van der Waals surface area contributed by atoms with Gasteiger partial charge < -0.3 is 10.6 Å². The van der Waals surface area contributed by atoms with E-state index in [4.69, 9.17) is 0 Å². The lowest BCUT2D eigenvalue weighted by molar-refractivity contribution is -0.121. The highest BCUT2D eigenvalue weighted by Gasteiger charge is 2.08. The third kappa shape index (κ3) is 5.60. The summed E-state index contributed by atoms with van der Waals surface area (Å²) >= 11 is 1.46. The summed E-state index contributed by atoms with van der Waals surface area (Å²) in [6.07, 6.45) is 2.64. The highest BCUT2D eigenvalue weighted by atomic mass is 32.1. The normalized spacial score (nSPS) is 11.0. The molecular formula is C18H25N3O2S. The first kappa shape index (κ1) is 18.4. The number of benzene rings is 1. The number of hydrogen-bond donors (Lipinski definition) is 2. The van der Waals surface area contributed by atoms with E-state index in [0.29, 0.717) is 30.3 Å². The van der Waals surface area contributed by atoms with Gasteiger partial charge >= 0.3 is 0 Å². The number of aromatic nitrogens is 1. The first-order chi connectivity index (χ1) is 11.5. The molecule has 2 N–H and O–H groups in total. The smallest absolute Gasteiger partial charge is 0.225 e. The first-order valence-corrected chi connectivity index (χ1v) is 9.25. The van der Waals surface area contributed by atoms with Crippen molar-refractivity contribution in [2.45, 2.75) is 46.5 Å². The van der Waals surface area contributed by atoms with E-state index in [0.717, 1.165) is 28.7 Å². The number of carbonyl (C=O) groups excluding carboxylic acids is 2. The average molecular weight is 347 g/mol. The predicted octanol–water partition coefficient (Wildman–Crippen LogP) is 3.74. The molecule has 0 aliphatic heterocycles. The molecule has 5 nitrogen and oxygen atoms in total. The largest absolute Gasteiger partial charge is 0.356 e. The molecular weight excluding hydrogens is 322 g/mol. The molecule has 0 aliphatic rings. The van der Waals surface area contributed by atoms with E-state index in [9.17, 15) is 9.59 Å². The molecule has 0 bridgehead atoms. The second-order valence-electron chi connectivity index (χ2n) is 6.26. The number of rotatable bonds is 8. The standard InChI is InChI=1S/C18H25N3O2S/c1-4-16(22)21-18-20-14-7-5-13(11-15(14)24-18)6-8-17(23)19-10-9-12(2)3/h5,7,11-12H,4,6,8-10H2,1-3H3,(H,19,23)(H,20,21,22). The van der Waals surface area contributed by atoms with Gasteiger partial charge in [0.15, 0.2) is 5.13 Å². The fraction of sp³-hybridized carbons (Fsp3) is 0.500. The lowest BCUT2D eigenvalue weighted by Gasteiger charge is -2.07. The van der Waals surface area contributed by atoms with Crippen LogP contribution in [0.15, 0.2) is 18.2 Å². The summed E-state index contributed by atoms with van der Waals surface area (Å²) in [5.74, 6) is 0.657. The van der Waals surface area contributed by atoms with Crippen LogP contribution in [0.25, 0.3) is 10.2 Å². The highest BCUT2D eigenvalue weighted by Crippen LogP contribution is 2.27. The minimum Gasteiger partial charge on any atom is -0.356 e. The molecule has 0 spiro atoms. The molecule has 2 rings (SSSR count). The zero-order valence-electron chi connectivity index (χ0n) is 14.5. The van der Waals surface area contributed by atoms with Crippen LogP contribution in [-0.4, -0.2) is 23.3 Å². The SMILES string of the molecule is CCC(=O)Nc1nc2ccc(CCC(=O)NCCC(C)C)cc2s1. The Kier molecular flexibility index (Phi) is 6.73. The molecule has 0 aliphatic carbocycles. The average Bonchev–Trinajstić information content (AvgIpc) is 2.93. The number of carbonyl (C=O) groups is 2. The van der Waals surface area contributed by atoms with Gasteiger partial charge in [0, 0.05) is 19.4 Å². The Morgan fingerprint density at radius 3 is 2.75 bits per heavy atom. The predicted molar refractivity (Wildman–Crippen MR) is 99.3 cm³/mol. The Labute approximate surface area is 146 Å². The van der Waals surface area contributed by atoms with Crippen molar-refractivity contribution in [3.05, 3.63) is 23.8 Å². The maximum Gasteiger partial charge on any atom is 0.225 e. The zero-order valence-corrected chi connectivity index (χ0v) is 15.3. The number of hydrogen-bond acceptors (Lipinski definition) is 4. The number of nitrogens with one attached hydrogen (secondary N) is 2. The molecule has 0 radical (unpaired) electrons. The molecule has 2 amide bonds. The summed E-state index contributed by atoms with van der Waals surface area (Å²) < 4.78 is 1.03. The van der Waals surface area contributed by atoms with Crippen molar-refractivity contribution in [2.24, 2.45) is 5.92 Å². The van der Waals surface area contributed by atoms with Crippen molar-refractivity contribution in [1.29, 1.82) is 0 Å². The molecule has 1 aromatic heterocycles. The first-order valence-electron chi connectivity index (χ1n) is 8.44. The van der Waals surface area contributed by atoms with Gasteiger partial charge in [-0.1, -0.05) is 38.2 Å². The highest BCUT2D eigenvalue weighted by molar-refractivity contribution is 7.22. The summed E-state index contributed by atoms with van der Waals surface area (Å²) in [4.78, 5) is 27.7. The molecule has 1 heterocycles. The van der Waals surface area contributed by atoms with Gasteiger partial charge in [-0.2, -0.15) is 0 Å². The van der Waals surface area contributed by atoms with E-state index in [1.807, 2.05) is 19.1 Å². The number of thiazole rings is 1. The van der Waals surface area contributed by atoms with Crippen LogP contribution in [0, 0.1) is 5.92 Å². The number of aryl methyl sites for hydroxylation is 1. The summed E-state index contributed by atoms with van der Waals surface area (Å²) in [5.41, 5.74) is 1.98. The Morgan fingerprint density at radius 2 is 2.04 bits per heavy atom. The minimum atomic E-state index is -0.0349. The Morgan fingerprint density at radius 1 is 1.25 bits per heavy atom. The van der Waals surface area contributed by atoms with Crippen LogP contribution in [0.4, 0.5) is 5.13 Å². The quantitative estimate of drug-likeness (QED) is 0.764. The summed E-state index contributed by atoms with van der Waals surface area (Å²) in [6, 6.07) is 5.99. The lowest BCUT2D eigenvalue weighted by atomic mass is 10.1. The van der Waals surface area contributed by atoms with Gasteiger partial charge in [-0.25, -0.2) is 4.98 Å². The maximum atomic E-state index is 11.9. The molecule has 0 saturated heterocycles. The van der Waals surface area contributed by atoms with Crippen LogP contribution < -0.4 is 10.6 Å². The van der Waals surface area contributed by atoms with Gasteiger partial charge in [0.1, 0.15) is 0 Å². The van der Waals surface area contributed by atoms with Gasteiger partial charge in [0.2, 0.25) is 11.8 Å². The monoisotopic (exact) mass is 347 g/mol. The third-order valence-electron chi connectivity index (χ3n) is 3.70. The molecule has 0 unspecified atom stereocenters. The fourth-order valence-corrected chi connectivity index (χ4v) is 3.18. The molecule has 130 valence electrons. The Balaban J connectivity index is 1.90. The van der Waals surface area contributed by atoms with Crippen LogP contribution in [0.5, 0.6) is 0 Å². The second-order valence-corrected chi connectivity index (χ2v) is 7.29. The minimum absolute atomic E-state index is 0.0349. The van der Waals surface area contributed by atoms with Gasteiger partial charge in [-0.05, 0) is 36.5 Å². The Hall–Kier alpha value is -1.95.